The summed E-state index contributed by atoms with van der Waals surface area (Å²) < 4.78 is 6.99. The Bertz CT molecular complexity index is 1030. The minimum atomic E-state index is -0.333. The van der Waals surface area contributed by atoms with Crippen LogP contribution in [0.15, 0.2) is 35.9 Å². The molecule has 2 N–H and O–H groups in total. The highest BCUT2D eigenvalue weighted by Gasteiger charge is 2.23. The molecular formula is C21H27N7O2S. The molecule has 10 heteroatoms. The molecule has 1 fully saturated rings. The van der Waals surface area contributed by atoms with Gasteiger partial charge in [-0.2, -0.15) is 0 Å². The number of rotatable bonds is 6. The number of anilines is 1. The summed E-state index contributed by atoms with van der Waals surface area (Å²) in [5.41, 5.74) is 2.49. The van der Waals surface area contributed by atoms with E-state index in [1.807, 2.05) is 36.8 Å². The molecule has 3 aromatic heterocycles. The Morgan fingerprint density at radius 2 is 1.81 bits per heavy atom. The van der Waals surface area contributed by atoms with E-state index in [1.165, 1.54) is 11.8 Å². The molecule has 31 heavy (non-hydrogen) atoms. The lowest BCUT2D eigenvalue weighted by Gasteiger charge is -2.29. The molecule has 1 aliphatic carbocycles. The van der Waals surface area contributed by atoms with Gasteiger partial charge < -0.3 is 15.4 Å². The maximum absolute atomic E-state index is 11.8. The number of carbonyl (C=O) groups is 1. The van der Waals surface area contributed by atoms with Crippen molar-refractivity contribution >= 4 is 29.3 Å². The Morgan fingerprint density at radius 3 is 2.48 bits per heavy atom. The van der Waals surface area contributed by atoms with Gasteiger partial charge in [-0.3, -0.25) is 0 Å². The van der Waals surface area contributed by atoms with Gasteiger partial charge in [0.25, 0.3) is 0 Å². The van der Waals surface area contributed by atoms with Crippen molar-refractivity contribution in [3.8, 4) is 11.3 Å². The third-order valence-electron chi connectivity index (χ3n) is 5.21. The number of fused-ring (bicyclic) bond motifs is 1. The third-order valence-corrected chi connectivity index (χ3v) is 5.79. The van der Waals surface area contributed by atoms with Crippen molar-refractivity contribution < 1.29 is 9.53 Å². The van der Waals surface area contributed by atoms with Crippen LogP contribution in [0.2, 0.25) is 0 Å². The van der Waals surface area contributed by atoms with Crippen LogP contribution in [-0.4, -0.2) is 55.1 Å². The summed E-state index contributed by atoms with van der Waals surface area (Å²) in [5, 5.41) is 12.0. The largest absolute Gasteiger partial charge is 0.447 e. The molecule has 0 unspecified atom stereocenters. The second-order valence-corrected chi connectivity index (χ2v) is 8.66. The van der Waals surface area contributed by atoms with E-state index in [0.29, 0.717) is 6.04 Å². The van der Waals surface area contributed by atoms with Gasteiger partial charge in [-0.05, 0) is 57.9 Å². The Hall–Kier alpha value is -2.88. The highest BCUT2D eigenvalue weighted by Crippen LogP contribution is 2.24. The fourth-order valence-electron chi connectivity index (χ4n) is 3.71. The summed E-state index contributed by atoms with van der Waals surface area (Å²) >= 11 is 1.51. The number of thioether (sulfide) groups is 1. The molecule has 1 aliphatic rings. The highest BCUT2D eigenvalue weighted by atomic mass is 32.2. The van der Waals surface area contributed by atoms with Crippen LogP contribution in [0.25, 0.3) is 16.9 Å². The fraction of sp³-hybridized carbons (Fsp3) is 0.476. The van der Waals surface area contributed by atoms with E-state index >= 15 is 0 Å². The van der Waals surface area contributed by atoms with E-state index in [0.717, 1.165) is 53.6 Å². The summed E-state index contributed by atoms with van der Waals surface area (Å²) in [5.74, 6) is 0.795. The van der Waals surface area contributed by atoms with Crippen molar-refractivity contribution in [2.45, 2.75) is 62.9 Å². The van der Waals surface area contributed by atoms with Gasteiger partial charge in [0, 0.05) is 30.0 Å². The molecule has 4 rings (SSSR count). The van der Waals surface area contributed by atoms with Gasteiger partial charge in [-0.15, -0.1) is 5.10 Å². The number of nitrogens with one attached hydrogen (secondary N) is 2. The second kappa shape index (κ2) is 9.51. The van der Waals surface area contributed by atoms with Crippen LogP contribution < -0.4 is 10.6 Å². The normalized spacial score (nSPS) is 18.8. The number of amides is 1. The third kappa shape index (κ3) is 5.25. The van der Waals surface area contributed by atoms with Gasteiger partial charge in [0.15, 0.2) is 10.8 Å². The summed E-state index contributed by atoms with van der Waals surface area (Å²) in [6, 6.07) is 4.36. The lowest BCUT2D eigenvalue weighted by Crippen LogP contribution is -2.41. The minimum Gasteiger partial charge on any atom is -0.447 e. The number of imidazole rings is 1. The quantitative estimate of drug-likeness (QED) is 0.440. The zero-order valence-electron chi connectivity index (χ0n) is 17.9. The molecular weight excluding hydrogens is 414 g/mol. The summed E-state index contributed by atoms with van der Waals surface area (Å²) in [4.78, 5) is 24.9. The molecule has 0 atom stereocenters. The van der Waals surface area contributed by atoms with Crippen LogP contribution in [0.1, 0.15) is 39.5 Å². The highest BCUT2D eigenvalue weighted by molar-refractivity contribution is 7.98. The number of aromatic nitrogens is 5. The molecule has 0 bridgehead atoms. The molecule has 0 radical (unpaired) electrons. The first-order valence-electron chi connectivity index (χ1n) is 10.5. The number of carbonyl (C=O) groups excluding carboxylic acids is 1. The van der Waals surface area contributed by atoms with Gasteiger partial charge in [0.1, 0.15) is 5.82 Å². The van der Waals surface area contributed by atoms with Crippen molar-refractivity contribution in [2.24, 2.45) is 0 Å². The van der Waals surface area contributed by atoms with Gasteiger partial charge in [-0.1, -0.05) is 11.8 Å². The van der Waals surface area contributed by atoms with Crippen molar-refractivity contribution in [2.75, 3.05) is 11.6 Å². The van der Waals surface area contributed by atoms with Crippen LogP contribution in [0.5, 0.6) is 0 Å². The number of hydrogen-bond donors (Lipinski definition) is 2. The van der Waals surface area contributed by atoms with Crippen LogP contribution >= 0.6 is 11.8 Å². The van der Waals surface area contributed by atoms with E-state index in [1.54, 1.807) is 18.6 Å². The van der Waals surface area contributed by atoms with Crippen molar-refractivity contribution in [3.63, 3.8) is 0 Å². The number of alkyl carbamates (subject to hydrolysis) is 1. The zero-order valence-corrected chi connectivity index (χ0v) is 18.7. The van der Waals surface area contributed by atoms with E-state index in [9.17, 15) is 4.79 Å². The summed E-state index contributed by atoms with van der Waals surface area (Å²) in [6.45, 7) is 3.70. The molecule has 0 aliphatic heterocycles. The Kier molecular flexibility index (Phi) is 6.55. The van der Waals surface area contributed by atoms with Crippen molar-refractivity contribution in [1.29, 1.82) is 0 Å². The van der Waals surface area contributed by atoms with E-state index in [-0.39, 0.29) is 18.2 Å². The zero-order chi connectivity index (χ0) is 21.8. The van der Waals surface area contributed by atoms with Crippen LogP contribution in [0, 0.1) is 0 Å². The SMILES string of the molecule is CSc1ncc(-c2cnc3ccc(NC4CCC(NC(=O)OC(C)C)CC4)nn23)cn1. The molecule has 3 aromatic rings. The second-order valence-electron chi connectivity index (χ2n) is 7.88. The van der Waals surface area contributed by atoms with E-state index < -0.39 is 0 Å². The molecule has 164 valence electrons. The Labute approximate surface area is 185 Å². The topological polar surface area (TPSA) is 106 Å². The first-order chi connectivity index (χ1) is 15.0. The van der Waals surface area contributed by atoms with Crippen LogP contribution in [0.3, 0.4) is 0 Å². The number of nitrogens with zero attached hydrogens (tertiary/aromatic N) is 5. The molecule has 9 nitrogen and oxygen atoms in total. The predicted octanol–water partition coefficient (Wildman–Crippen LogP) is 3.77. The first kappa shape index (κ1) is 21.4. The fourth-order valence-corrected chi connectivity index (χ4v) is 4.02. The first-order valence-corrected chi connectivity index (χ1v) is 11.7. The predicted molar refractivity (Wildman–Crippen MR) is 120 cm³/mol. The van der Waals surface area contributed by atoms with E-state index in [2.05, 4.69) is 25.6 Å². The van der Waals surface area contributed by atoms with Crippen molar-refractivity contribution in [1.82, 2.24) is 29.9 Å². The van der Waals surface area contributed by atoms with Gasteiger partial charge in [0.05, 0.1) is 18.0 Å². The monoisotopic (exact) mass is 441 g/mol. The standard InChI is InChI=1S/C21H27N7O2S/c1-13(2)30-21(29)26-16-6-4-15(5-7-16)25-18-8-9-19-22-12-17(28(19)27-18)14-10-23-20(31-3)24-11-14/h8-13,15-16H,4-7H2,1-3H3,(H,25,27)(H,26,29). The van der Waals surface area contributed by atoms with Crippen LogP contribution in [-0.2, 0) is 4.74 Å². The van der Waals surface area contributed by atoms with E-state index in [4.69, 9.17) is 9.84 Å². The number of ether oxygens (including phenoxy) is 1. The molecule has 3 heterocycles. The lowest BCUT2D eigenvalue weighted by atomic mass is 9.91. The maximum atomic E-state index is 11.8. The molecule has 0 spiro atoms. The molecule has 0 aromatic carbocycles. The summed E-state index contributed by atoms with van der Waals surface area (Å²) in [7, 11) is 0. The average molecular weight is 442 g/mol. The van der Waals surface area contributed by atoms with Crippen molar-refractivity contribution in [3.05, 3.63) is 30.7 Å². The van der Waals surface area contributed by atoms with Crippen LogP contribution in [0.4, 0.5) is 10.6 Å². The Morgan fingerprint density at radius 1 is 1.10 bits per heavy atom. The minimum absolute atomic E-state index is 0.109. The molecule has 0 saturated heterocycles. The van der Waals surface area contributed by atoms with Gasteiger partial charge >= 0.3 is 6.09 Å². The van der Waals surface area contributed by atoms with Gasteiger partial charge in [0.2, 0.25) is 0 Å². The van der Waals surface area contributed by atoms with Gasteiger partial charge in [-0.25, -0.2) is 24.3 Å². The average Bonchev–Trinajstić information content (AvgIpc) is 3.18. The Balaban J connectivity index is 1.40. The number of hydrogen-bond acceptors (Lipinski definition) is 8. The maximum Gasteiger partial charge on any atom is 0.407 e. The smallest absolute Gasteiger partial charge is 0.407 e. The molecule has 1 amide bonds. The lowest BCUT2D eigenvalue weighted by molar-refractivity contribution is 0.110. The molecule has 1 saturated carbocycles. The summed E-state index contributed by atoms with van der Waals surface area (Å²) in [6.07, 6.45) is 10.6.